The molecule has 4 aliphatic carbocycles. The van der Waals surface area contributed by atoms with Gasteiger partial charge in [0, 0.05) is 17.8 Å². The quantitative estimate of drug-likeness (QED) is 0.764. The number of Topliss-reactive ketones (excluding diaryl/α,β-unsaturated/α-hetero) is 2. The second-order valence-corrected chi connectivity index (χ2v) is 9.97. The molecule has 5 unspecified atom stereocenters. The predicted octanol–water partition coefficient (Wildman–Crippen LogP) is 2.89. The fourth-order valence-corrected chi connectivity index (χ4v) is 7.63. The van der Waals surface area contributed by atoms with E-state index in [1.54, 1.807) is 0 Å². The van der Waals surface area contributed by atoms with Gasteiger partial charge in [0.15, 0.2) is 5.78 Å². The van der Waals surface area contributed by atoms with Crippen molar-refractivity contribution in [3.8, 4) is 0 Å². The molecule has 0 aliphatic heterocycles. The maximum Gasteiger partial charge on any atom is 0.161 e. The minimum absolute atomic E-state index is 0.0164. The first kappa shape index (κ1) is 17.7. The molecular formula is C21H32O4. The molecule has 0 bridgehead atoms. The van der Waals surface area contributed by atoms with Crippen molar-refractivity contribution in [1.29, 1.82) is 0 Å². The highest BCUT2D eigenvalue weighted by Gasteiger charge is 2.68. The molecule has 0 amide bonds. The highest BCUT2D eigenvalue weighted by Crippen LogP contribution is 2.67. The van der Waals surface area contributed by atoms with Gasteiger partial charge in [0.1, 0.15) is 11.4 Å². The average molecular weight is 348 g/mol. The van der Waals surface area contributed by atoms with E-state index in [-0.39, 0.29) is 40.8 Å². The molecule has 4 aliphatic rings. The van der Waals surface area contributed by atoms with Crippen LogP contribution in [0.4, 0.5) is 0 Å². The minimum atomic E-state index is -1.33. The highest BCUT2D eigenvalue weighted by atomic mass is 16.3. The highest BCUT2D eigenvalue weighted by molar-refractivity contribution is 5.90. The van der Waals surface area contributed by atoms with Crippen molar-refractivity contribution in [3.05, 3.63) is 0 Å². The zero-order valence-electron chi connectivity index (χ0n) is 15.8. The standard InChI is InChI=1S/C21H32O4/c1-12(22)21(25)9-7-16-15-5-4-13-10-14(23)6-8-19(13,2)18(15)17(24)11-20(16,21)3/h13-16,18,23,25H,4-11H2,1-3H3/t13?,14?,15?,16?,18?,19-,20-,21-/m0/s1. The fourth-order valence-electron chi connectivity index (χ4n) is 7.63. The normalized spacial score (nSPS) is 55.2. The van der Waals surface area contributed by atoms with Gasteiger partial charge >= 0.3 is 0 Å². The minimum Gasteiger partial charge on any atom is -0.393 e. The Hall–Kier alpha value is -0.740. The number of hydrogen-bond donors (Lipinski definition) is 2. The molecule has 4 nitrogen and oxygen atoms in total. The Morgan fingerprint density at radius 2 is 1.84 bits per heavy atom. The Morgan fingerprint density at radius 1 is 1.12 bits per heavy atom. The summed E-state index contributed by atoms with van der Waals surface area (Å²) in [6, 6.07) is 0. The third-order valence-electron chi connectivity index (χ3n) is 9.06. The summed E-state index contributed by atoms with van der Waals surface area (Å²) in [5.74, 6) is 1.10. The van der Waals surface area contributed by atoms with E-state index in [1.807, 2.05) is 6.92 Å². The van der Waals surface area contributed by atoms with Crippen LogP contribution in [0.15, 0.2) is 0 Å². The van der Waals surface area contributed by atoms with Gasteiger partial charge in [0.05, 0.1) is 6.10 Å². The summed E-state index contributed by atoms with van der Waals surface area (Å²) >= 11 is 0. The molecule has 0 spiro atoms. The first-order chi connectivity index (χ1) is 11.6. The van der Waals surface area contributed by atoms with Crippen molar-refractivity contribution in [2.45, 2.75) is 83.8 Å². The molecular weight excluding hydrogens is 316 g/mol. The number of fused-ring (bicyclic) bond motifs is 5. The predicted molar refractivity (Wildman–Crippen MR) is 93.8 cm³/mol. The monoisotopic (exact) mass is 348 g/mol. The van der Waals surface area contributed by atoms with E-state index >= 15 is 0 Å². The first-order valence-electron chi connectivity index (χ1n) is 10.1. The van der Waals surface area contributed by atoms with Gasteiger partial charge in [0.2, 0.25) is 0 Å². The Kier molecular flexibility index (Phi) is 3.81. The van der Waals surface area contributed by atoms with Crippen molar-refractivity contribution in [1.82, 2.24) is 0 Å². The second kappa shape index (κ2) is 5.39. The van der Waals surface area contributed by atoms with E-state index < -0.39 is 11.0 Å². The Labute approximate surface area is 150 Å². The molecule has 0 aromatic heterocycles. The van der Waals surface area contributed by atoms with Crippen LogP contribution in [0.5, 0.6) is 0 Å². The SMILES string of the molecule is CC(=O)[C@@]1(O)CCC2C3CCC4CC(O)CC[C@]4(C)C3C(=O)C[C@@]21C. The maximum absolute atomic E-state index is 13.3. The van der Waals surface area contributed by atoms with Crippen LogP contribution in [0.2, 0.25) is 0 Å². The van der Waals surface area contributed by atoms with Gasteiger partial charge in [-0.25, -0.2) is 0 Å². The topological polar surface area (TPSA) is 74.6 Å². The van der Waals surface area contributed by atoms with Crippen LogP contribution in [-0.2, 0) is 9.59 Å². The molecule has 0 radical (unpaired) electrons. The molecule has 0 heterocycles. The number of carbonyl (C=O) groups excluding carboxylic acids is 2. The molecule has 0 aromatic carbocycles. The van der Waals surface area contributed by atoms with Gasteiger partial charge in [0.25, 0.3) is 0 Å². The van der Waals surface area contributed by atoms with E-state index in [1.165, 1.54) is 6.92 Å². The fraction of sp³-hybridized carbons (Fsp3) is 0.905. The molecule has 8 atom stereocenters. The van der Waals surface area contributed by atoms with E-state index in [2.05, 4.69) is 6.92 Å². The van der Waals surface area contributed by atoms with Crippen molar-refractivity contribution >= 4 is 11.6 Å². The lowest BCUT2D eigenvalue weighted by Crippen LogP contribution is -2.61. The van der Waals surface area contributed by atoms with Crippen LogP contribution in [0.1, 0.15) is 72.1 Å². The summed E-state index contributed by atoms with van der Waals surface area (Å²) < 4.78 is 0. The van der Waals surface area contributed by atoms with Crippen LogP contribution in [0, 0.1) is 34.5 Å². The lowest BCUT2D eigenvalue weighted by atomic mass is 9.44. The zero-order valence-corrected chi connectivity index (χ0v) is 15.8. The third-order valence-corrected chi connectivity index (χ3v) is 9.06. The van der Waals surface area contributed by atoms with Crippen LogP contribution in [0.3, 0.4) is 0 Å². The van der Waals surface area contributed by atoms with E-state index in [0.717, 1.165) is 38.5 Å². The third kappa shape index (κ3) is 2.13. The molecule has 0 aromatic rings. The molecule has 4 heteroatoms. The zero-order chi connectivity index (χ0) is 18.2. The number of rotatable bonds is 1. The molecule has 4 rings (SSSR count). The molecule has 25 heavy (non-hydrogen) atoms. The molecule has 0 saturated heterocycles. The molecule has 4 saturated carbocycles. The van der Waals surface area contributed by atoms with Gasteiger partial charge in [-0.15, -0.1) is 0 Å². The number of hydrogen-bond acceptors (Lipinski definition) is 4. The Bertz CT molecular complexity index is 615. The number of ketones is 2. The van der Waals surface area contributed by atoms with Crippen molar-refractivity contribution in [2.75, 3.05) is 0 Å². The molecule has 4 fully saturated rings. The summed E-state index contributed by atoms with van der Waals surface area (Å²) in [7, 11) is 0. The van der Waals surface area contributed by atoms with Gasteiger partial charge in [-0.05, 0) is 75.0 Å². The summed E-state index contributed by atoms with van der Waals surface area (Å²) in [6.45, 7) is 5.73. The maximum atomic E-state index is 13.3. The lowest BCUT2D eigenvalue weighted by Gasteiger charge is -2.60. The van der Waals surface area contributed by atoms with Crippen molar-refractivity contribution in [2.24, 2.45) is 34.5 Å². The van der Waals surface area contributed by atoms with Crippen LogP contribution < -0.4 is 0 Å². The average Bonchev–Trinajstić information content (AvgIpc) is 2.80. The van der Waals surface area contributed by atoms with Crippen LogP contribution in [0.25, 0.3) is 0 Å². The summed E-state index contributed by atoms with van der Waals surface area (Å²) in [5, 5.41) is 21.2. The van der Waals surface area contributed by atoms with Gasteiger partial charge in [-0.2, -0.15) is 0 Å². The van der Waals surface area contributed by atoms with Gasteiger partial charge in [-0.1, -0.05) is 13.8 Å². The van der Waals surface area contributed by atoms with E-state index in [0.29, 0.717) is 18.8 Å². The first-order valence-corrected chi connectivity index (χ1v) is 10.1. The number of aliphatic hydroxyl groups is 2. The molecule has 140 valence electrons. The second-order valence-electron chi connectivity index (χ2n) is 9.97. The Balaban J connectivity index is 1.71. The lowest BCUT2D eigenvalue weighted by molar-refractivity contribution is -0.178. The van der Waals surface area contributed by atoms with Crippen LogP contribution >= 0.6 is 0 Å². The summed E-state index contributed by atoms with van der Waals surface area (Å²) in [4.78, 5) is 25.6. The smallest absolute Gasteiger partial charge is 0.161 e. The van der Waals surface area contributed by atoms with Crippen molar-refractivity contribution < 1.29 is 19.8 Å². The largest absolute Gasteiger partial charge is 0.393 e. The Morgan fingerprint density at radius 3 is 2.52 bits per heavy atom. The number of carbonyl (C=O) groups is 2. The van der Waals surface area contributed by atoms with Gasteiger partial charge < -0.3 is 10.2 Å². The van der Waals surface area contributed by atoms with E-state index in [9.17, 15) is 19.8 Å². The number of aliphatic hydroxyl groups excluding tert-OH is 1. The van der Waals surface area contributed by atoms with Crippen LogP contribution in [-0.4, -0.2) is 33.5 Å². The molecule has 2 N–H and O–H groups in total. The van der Waals surface area contributed by atoms with Crippen molar-refractivity contribution in [3.63, 3.8) is 0 Å². The summed E-state index contributed by atoms with van der Waals surface area (Å²) in [5.41, 5.74) is -1.95. The summed E-state index contributed by atoms with van der Waals surface area (Å²) in [6.07, 6.45) is 6.07. The van der Waals surface area contributed by atoms with E-state index in [4.69, 9.17) is 0 Å². The van der Waals surface area contributed by atoms with Gasteiger partial charge in [-0.3, -0.25) is 9.59 Å².